The molecule has 6 nitrogen and oxygen atoms in total. The molecule has 0 unspecified atom stereocenters. The highest BCUT2D eigenvalue weighted by Crippen LogP contribution is 2.25. The van der Waals surface area contributed by atoms with E-state index >= 15 is 0 Å². The second-order valence-corrected chi connectivity index (χ2v) is 4.82. The maximum Gasteiger partial charge on any atom is 0.343 e. The van der Waals surface area contributed by atoms with Crippen LogP contribution in [0.25, 0.3) is 0 Å². The maximum atomic E-state index is 11.8. The largest absolute Gasteiger partial charge is 0.462 e. The van der Waals surface area contributed by atoms with Crippen molar-refractivity contribution in [2.45, 2.75) is 33.1 Å². The van der Waals surface area contributed by atoms with Crippen LogP contribution in [0.1, 0.15) is 42.2 Å². The Morgan fingerprint density at radius 3 is 2.79 bits per heavy atom. The van der Waals surface area contributed by atoms with Gasteiger partial charge in [-0.1, -0.05) is 0 Å². The van der Waals surface area contributed by atoms with Crippen LogP contribution < -0.4 is 11.1 Å². The first-order valence-electron chi connectivity index (χ1n) is 6.21. The third kappa shape index (κ3) is 4.86. The topological polar surface area (TPSA) is 94.3 Å². The minimum Gasteiger partial charge on any atom is -0.462 e. The van der Waals surface area contributed by atoms with Gasteiger partial charge >= 0.3 is 5.97 Å². The van der Waals surface area contributed by atoms with E-state index in [0.29, 0.717) is 30.8 Å². The second kappa shape index (κ2) is 7.73. The summed E-state index contributed by atoms with van der Waals surface area (Å²) in [7, 11) is 0. The summed E-state index contributed by atoms with van der Waals surface area (Å²) >= 11 is 1.24. The molecule has 3 N–H and O–H groups in total. The third-order valence-electron chi connectivity index (χ3n) is 2.48. The van der Waals surface area contributed by atoms with Gasteiger partial charge in [-0.05, 0) is 38.2 Å². The number of nitrogens with one attached hydrogen (secondary N) is 1. The molecule has 1 aromatic rings. The zero-order chi connectivity index (χ0) is 14.3. The average Bonchev–Trinajstić information content (AvgIpc) is 2.70. The molecule has 1 aromatic heterocycles. The van der Waals surface area contributed by atoms with E-state index in [1.165, 1.54) is 11.5 Å². The van der Waals surface area contributed by atoms with Crippen LogP contribution in [0.15, 0.2) is 0 Å². The first-order valence-corrected chi connectivity index (χ1v) is 6.99. The molecular formula is C12H19N3O3S. The van der Waals surface area contributed by atoms with Crippen molar-refractivity contribution in [2.75, 3.05) is 18.5 Å². The SMILES string of the molecule is CCOC(=O)c1c(C)nsc1NCCCCC(N)=O. The molecule has 1 amide bonds. The van der Waals surface area contributed by atoms with Crippen molar-refractivity contribution < 1.29 is 14.3 Å². The van der Waals surface area contributed by atoms with E-state index in [-0.39, 0.29) is 11.9 Å². The van der Waals surface area contributed by atoms with E-state index in [1.807, 2.05) is 0 Å². The lowest BCUT2D eigenvalue weighted by atomic mass is 10.2. The van der Waals surface area contributed by atoms with Crippen LogP contribution in [-0.2, 0) is 9.53 Å². The predicted octanol–water partition coefficient (Wildman–Crippen LogP) is 1.70. The Hall–Kier alpha value is -1.63. The summed E-state index contributed by atoms with van der Waals surface area (Å²) in [5, 5.41) is 3.87. The zero-order valence-electron chi connectivity index (χ0n) is 11.2. The maximum absolute atomic E-state index is 11.8. The first-order chi connectivity index (χ1) is 9.06. The number of carbonyl (C=O) groups excluding carboxylic acids is 2. The minimum absolute atomic E-state index is 0.291. The van der Waals surface area contributed by atoms with E-state index in [0.717, 1.165) is 17.8 Å². The van der Waals surface area contributed by atoms with E-state index in [1.54, 1.807) is 13.8 Å². The quantitative estimate of drug-likeness (QED) is 0.560. The van der Waals surface area contributed by atoms with Gasteiger partial charge in [-0.15, -0.1) is 0 Å². The Bertz CT molecular complexity index is 445. The molecule has 7 heteroatoms. The zero-order valence-corrected chi connectivity index (χ0v) is 12.0. The molecule has 106 valence electrons. The highest BCUT2D eigenvalue weighted by atomic mass is 32.1. The molecule has 0 aliphatic rings. The molecule has 0 saturated carbocycles. The van der Waals surface area contributed by atoms with E-state index in [9.17, 15) is 9.59 Å². The van der Waals surface area contributed by atoms with Gasteiger partial charge in [0.1, 0.15) is 10.6 Å². The lowest BCUT2D eigenvalue weighted by Crippen LogP contribution is -2.12. The van der Waals surface area contributed by atoms with Crippen molar-refractivity contribution in [1.29, 1.82) is 0 Å². The lowest BCUT2D eigenvalue weighted by molar-refractivity contribution is -0.118. The molecule has 0 atom stereocenters. The fourth-order valence-electron chi connectivity index (χ4n) is 1.56. The van der Waals surface area contributed by atoms with Gasteiger partial charge in [0.25, 0.3) is 0 Å². The number of primary amides is 1. The standard InChI is InChI=1S/C12H19N3O3S/c1-3-18-12(17)10-8(2)15-19-11(10)14-7-5-4-6-9(13)16/h14H,3-7H2,1-2H3,(H2,13,16). The minimum atomic E-state index is -0.353. The van der Waals surface area contributed by atoms with Crippen molar-refractivity contribution >= 4 is 28.4 Å². The van der Waals surface area contributed by atoms with Crippen LogP contribution in [0.4, 0.5) is 5.00 Å². The van der Waals surface area contributed by atoms with Gasteiger partial charge in [0.2, 0.25) is 5.91 Å². The van der Waals surface area contributed by atoms with Gasteiger partial charge < -0.3 is 15.8 Å². The number of aryl methyl sites for hydroxylation is 1. The third-order valence-corrected chi connectivity index (χ3v) is 3.37. The van der Waals surface area contributed by atoms with Crippen LogP contribution in [0.5, 0.6) is 0 Å². The van der Waals surface area contributed by atoms with Gasteiger partial charge in [0.15, 0.2) is 0 Å². The smallest absolute Gasteiger partial charge is 0.343 e. The van der Waals surface area contributed by atoms with Crippen LogP contribution in [-0.4, -0.2) is 29.4 Å². The normalized spacial score (nSPS) is 10.2. The fraction of sp³-hybridized carbons (Fsp3) is 0.583. The number of ether oxygens (including phenoxy) is 1. The lowest BCUT2D eigenvalue weighted by Gasteiger charge is -2.06. The molecule has 0 bridgehead atoms. The molecule has 0 aliphatic heterocycles. The predicted molar refractivity (Wildman–Crippen MR) is 74.3 cm³/mol. The van der Waals surface area contributed by atoms with E-state index in [4.69, 9.17) is 10.5 Å². The number of carbonyl (C=O) groups is 2. The van der Waals surface area contributed by atoms with Gasteiger partial charge in [-0.3, -0.25) is 4.79 Å². The summed E-state index contributed by atoms with van der Waals surface area (Å²) < 4.78 is 9.14. The Balaban J connectivity index is 2.50. The number of esters is 1. The first kappa shape index (κ1) is 15.4. The number of hydrogen-bond donors (Lipinski definition) is 2. The monoisotopic (exact) mass is 285 g/mol. The number of anilines is 1. The Morgan fingerprint density at radius 1 is 1.42 bits per heavy atom. The van der Waals surface area contributed by atoms with Crippen LogP contribution in [0.2, 0.25) is 0 Å². The number of hydrogen-bond acceptors (Lipinski definition) is 6. The summed E-state index contributed by atoms with van der Waals surface area (Å²) in [6.07, 6.45) is 1.92. The fourth-order valence-corrected chi connectivity index (χ4v) is 2.37. The summed E-state index contributed by atoms with van der Waals surface area (Å²) in [5.74, 6) is -0.644. The van der Waals surface area contributed by atoms with Crippen LogP contribution in [0, 0.1) is 6.92 Å². The number of aromatic nitrogens is 1. The Labute approximate surface area is 116 Å². The van der Waals surface area contributed by atoms with Gasteiger partial charge in [0, 0.05) is 13.0 Å². The summed E-state index contributed by atoms with van der Waals surface area (Å²) in [6.45, 7) is 4.55. The number of nitrogens with zero attached hydrogens (tertiary/aromatic N) is 1. The number of amides is 1. The second-order valence-electron chi connectivity index (χ2n) is 4.04. The van der Waals surface area contributed by atoms with Gasteiger partial charge in [-0.2, -0.15) is 4.37 Å². The molecule has 19 heavy (non-hydrogen) atoms. The average molecular weight is 285 g/mol. The Kier molecular flexibility index (Phi) is 6.27. The molecule has 0 fully saturated rings. The van der Waals surface area contributed by atoms with Crippen LogP contribution in [0.3, 0.4) is 0 Å². The summed E-state index contributed by atoms with van der Waals surface area (Å²) in [5.41, 5.74) is 6.23. The van der Waals surface area contributed by atoms with Gasteiger partial charge in [0.05, 0.1) is 12.3 Å². The Morgan fingerprint density at radius 2 is 2.16 bits per heavy atom. The van der Waals surface area contributed by atoms with Gasteiger partial charge in [-0.25, -0.2) is 4.79 Å². The molecule has 0 radical (unpaired) electrons. The van der Waals surface area contributed by atoms with Crippen molar-refractivity contribution in [1.82, 2.24) is 4.37 Å². The molecular weight excluding hydrogens is 266 g/mol. The molecule has 0 saturated heterocycles. The van der Waals surface area contributed by atoms with Crippen LogP contribution >= 0.6 is 11.5 Å². The summed E-state index contributed by atoms with van der Waals surface area (Å²) in [4.78, 5) is 22.4. The summed E-state index contributed by atoms with van der Waals surface area (Å²) in [6, 6.07) is 0. The number of rotatable bonds is 8. The number of nitrogens with two attached hydrogens (primary N) is 1. The highest BCUT2D eigenvalue weighted by Gasteiger charge is 2.19. The number of unbranched alkanes of at least 4 members (excludes halogenated alkanes) is 1. The molecule has 0 aliphatic carbocycles. The van der Waals surface area contributed by atoms with Crippen molar-refractivity contribution in [3.8, 4) is 0 Å². The van der Waals surface area contributed by atoms with Crippen molar-refractivity contribution in [3.05, 3.63) is 11.3 Å². The molecule has 0 aromatic carbocycles. The van der Waals surface area contributed by atoms with Crippen molar-refractivity contribution in [2.24, 2.45) is 5.73 Å². The molecule has 1 heterocycles. The van der Waals surface area contributed by atoms with E-state index in [2.05, 4.69) is 9.69 Å². The van der Waals surface area contributed by atoms with Crippen molar-refractivity contribution in [3.63, 3.8) is 0 Å². The molecule has 1 rings (SSSR count). The highest BCUT2D eigenvalue weighted by molar-refractivity contribution is 7.10. The van der Waals surface area contributed by atoms with E-state index < -0.39 is 0 Å². The molecule has 0 spiro atoms.